The van der Waals surface area contributed by atoms with Gasteiger partial charge in [0.1, 0.15) is 6.10 Å². The lowest BCUT2D eigenvalue weighted by Gasteiger charge is -2.41. The van der Waals surface area contributed by atoms with Crippen LogP contribution in [0.4, 0.5) is 0 Å². The van der Waals surface area contributed by atoms with E-state index in [1.165, 1.54) is 70.3 Å². The molecule has 4 atom stereocenters. The summed E-state index contributed by atoms with van der Waals surface area (Å²) in [6.45, 7) is 9.08. The molecule has 3 saturated carbocycles. The SMILES string of the molecule is CCC(CC(CC(C)C1CCC(OC(C)=O)CC1)C1CCC(O)CC1)C1CCC(OC(C)OCc2ccccc2)CC1. The van der Waals surface area contributed by atoms with E-state index in [0.717, 1.165) is 68.1 Å². The van der Waals surface area contributed by atoms with Gasteiger partial charge in [-0.05, 0) is 138 Å². The van der Waals surface area contributed by atoms with Gasteiger partial charge in [-0.25, -0.2) is 0 Å². The van der Waals surface area contributed by atoms with Gasteiger partial charge >= 0.3 is 5.97 Å². The summed E-state index contributed by atoms with van der Waals surface area (Å²) in [6, 6.07) is 10.3. The fourth-order valence-corrected chi connectivity index (χ4v) is 8.61. The van der Waals surface area contributed by atoms with E-state index in [0.29, 0.717) is 18.6 Å². The first kappa shape index (κ1) is 33.5. The van der Waals surface area contributed by atoms with Crippen molar-refractivity contribution >= 4 is 5.97 Å². The van der Waals surface area contributed by atoms with Gasteiger partial charge in [-0.15, -0.1) is 0 Å². The Labute approximate surface area is 256 Å². The zero-order valence-electron chi connectivity index (χ0n) is 27.1. The second-order valence-corrected chi connectivity index (χ2v) is 14.1. The highest BCUT2D eigenvalue weighted by Crippen LogP contribution is 2.44. The number of ether oxygens (including phenoxy) is 3. The summed E-state index contributed by atoms with van der Waals surface area (Å²) in [6.07, 6.45) is 17.7. The number of rotatable bonds is 14. The summed E-state index contributed by atoms with van der Waals surface area (Å²) in [5, 5.41) is 10.2. The van der Waals surface area contributed by atoms with Gasteiger partial charge in [0.15, 0.2) is 6.29 Å². The molecule has 1 aromatic rings. The van der Waals surface area contributed by atoms with Crippen molar-refractivity contribution in [2.75, 3.05) is 0 Å². The third-order valence-corrected chi connectivity index (χ3v) is 11.2. The molecule has 3 aliphatic carbocycles. The van der Waals surface area contributed by atoms with Gasteiger partial charge in [0.2, 0.25) is 0 Å². The molecule has 1 aromatic carbocycles. The normalized spacial score (nSPS) is 31.5. The van der Waals surface area contributed by atoms with E-state index < -0.39 is 0 Å². The molecule has 0 aliphatic heterocycles. The third kappa shape index (κ3) is 10.6. The minimum Gasteiger partial charge on any atom is -0.463 e. The van der Waals surface area contributed by atoms with Crippen molar-refractivity contribution in [3.63, 3.8) is 0 Å². The van der Waals surface area contributed by atoms with Crippen LogP contribution in [0.5, 0.6) is 0 Å². The van der Waals surface area contributed by atoms with Gasteiger partial charge in [0.05, 0.1) is 18.8 Å². The predicted octanol–water partition coefficient (Wildman–Crippen LogP) is 8.86. The van der Waals surface area contributed by atoms with Crippen molar-refractivity contribution in [1.82, 2.24) is 0 Å². The van der Waals surface area contributed by atoms with Gasteiger partial charge < -0.3 is 19.3 Å². The van der Waals surface area contributed by atoms with E-state index >= 15 is 0 Å². The number of benzene rings is 1. The Hall–Kier alpha value is -1.43. The Morgan fingerprint density at radius 1 is 0.786 bits per heavy atom. The first-order valence-corrected chi connectivity index (χ1v) is 17.5. The number of hydrogen-bond acceptors (Lipinski definition) is 5. The van der Waals surface area contributed by atoms with Gasteiger partial charge in [-0.3, -0.25) is 4.79 Å². The van der Waals surface area contributed by atoms with Gasteiger partial charge in [-0.2, -0.15) is 0 Å². The fourth-order valence-electron chi connectivity index (χ4n) is 8.61. The summed E-state index contributed by atoms with van der Waals surface area (Å²) in [7, 11) is 0. The first-order chi connectivity index (χ1) is 20.3. The van der Waals surface area contributed by atoms with Crippen LogP contribution < -0.4 is 0 Å². The maximum atomic E-state index is 11.4. The lowest BCUT2D eigenvalue weighted by atomic mass is 9.66. The van der Waals surface area contributed by atoms with Gasteiger partial charge in [-0.1, -0.05) is 50.6 Å². The maximum Gasteiger partial charge on any atom is 0.302 e. The quantitative estimate of drug-likeness (QED) is 0.175. The second-order valence-electron chi connectivity index (χ2n) is 14.1. The molecule has 4 rings (SSSR count). The van der Waals surface area contributed by atoms with E-state index in [9.17, 15) is 9.90 Å². The van der Waals surface area contributed by atoms with Crippen LogP contribution >= 0.6 is 0 Å². The summed E-state index contributed by atoms with van der Waals surface area (Å²) >= 11 is 0. The van der Waals surface area contributed by atoms with E-state index in [2.05, 4.69) is 38.1 Å². The largest absolute Gasteiger partial charge is 0.463 e. The van der Waals surface area contributed by atoms with Crippen LogP contribution in [0, 0.1) is 35.5 Å². The Morgan fingerprint density at radius 3 is 1.98 bits per heavy atom. The first-order valence-electron chi connectivity index (χ1n) is 17.5. The smallest absolute Gasteiger partial charge is 0.302 e. The zero-order valence-corrected chi connectivity index (χ0v) is 27.1. The Kier molecular flexibility index (Phi) is 13.7. The van der Waals surface area contributed by atoms with Crippen molar-refractivity contribution < 1.29 is 24.1 Å². The van der Waals surface area contributed by atoms with E-state index in [1.54, 1.807) is 0 Å². The number of carbonyl (C=O) groups excluding carboxylic acids is 1. The highest BCUT2D eigenvalue weighted by molar-refractivity contribution is 5.66. The van der Waals surface area contributed by atoms with Crippen molar-refractivity contribution in [3.8, 4) is 0 Å². The minimum absolute atomic E-state index is 0.0906. The minimum atomic E-state index is -0.176. The Balaban J connectivity index is 1.27. The molecule has 5 heteroatoms. The summed E-state index contributed by atoms with van der Waals surface area (Å²) in [4.78, 5) is 11.4. The zero-order chi connectivity index (χ0) is 29.9. The standard InChI is InChI=1S/C37H60O5/c1-5-30(32-15-21-37(22-16-32)42-28(4)40-25-29-9-7-6-8-10-29)24-34(33-11-17-35(39)18-12-33)23-26(2)31-13-19-36(20-14-31)41-27(3)38/h6-10,26,28,30-37,39H,5,11-25H2,1-4H3. The molecule has 0 heterocycles. The molecule has 3 fully saturated rings. The lowest BCUT2D eigenvalue weighted by Crippen LogP contribution is -2.33. The number of esters is 1. The molecule has 1 N–H and O–H groups in total. The average molecular weight is 585 g/mol. The fraction of sp³-hybridized carbons (Fsp3) is 0.811. The van der Waals surface area contributed by atoms with Crippen LogP contribution in [0.15, 0.2) is 30.3 Å². The highest BCUT2D eigenvalue weighted by Gasteiger charge is 2.35. The number of aliphatic hydroxyl groups excluding tert-OH is 1. The van der Waals surface area contributed by atoms with Crippen LogP contribution in [0.3, 0.4) is 0 Å². The molecule has 5 nitrogen and oxygen atoms in total. The van der Waals surface area contributed by atoms with E-state index in [-0.39, 0.29) is 24.5 Å². The van der Waals surface area contributed by atoms with Crippen LogP contribution in [-0.2, 0) is 25.6 Å². The maximum absolute atomic E-state index is 11.4. The molecule has 238 valence electrons. The Bertz CT molecular complexity index is 881. The van der Waals surface area contributed by atoms with E-state index in [1.807, 2.05) is 13.0 Å². The number of carbonyl (C=O) groups is 1. The van der Waals surface area contributed by atoms with Crippen LogP contribution in [0.25, 0.3) is 0 Å². The van der Waals surface area contributed by atoms with Crippen LogP contribution in [0.1, 0.15) is 130 Å². The third-order valence-electron chi connectivity index (χ3n) is 11.2. The summed E-state index contributed by atoms with van der Waals surface area (Å²) < 4.78 is 17.9. The molecule has 0 aromatic heterocycles. The molecule has 0 bridgehead atoms. The molecule has 42 heavy (non-hydrogen) atoms. The molecule has 0 amide bonds. The van der Waals surface area contributed by atoms with Crippen LogP contribution in [0.2, 0.25) is 0 Å². The van der Waals surface area contributed by atoms with E-state index in [4.69, 9.17) is 14.2 Å². The average Bonchev–Trinajstić information content (AvgIpc) is 2.99. The molecular weight excluding hydrogens is 524 g/mol. The summed E-state index contributed by atoms with van der Waals surface area (Å²) in [5.74, 6) is 4.39. The molecule has 0 radical (unpaired) electrons. The second kappa shape index (κ2) is 17.2. The lowest BCUT2D eigenvalue weighted by molar-refractivity contribution is -0.174. The van der Waals surface area contributed by atoms with Crippen molar-refractivity contribution in [2.45, 2.75) is 155 Å². The topological polar surface area (TPSA) is 65.0 Å². The monoisotopic (exact) mass is 584 g/mol. The van der Waals surface area contributed by atoms with Crippen molar-refractivity contribution in [2.24, 2.45) is 35.5 Å². The summed E-state index contributed by atoms with van der Waals surface area (Å²) in [5.41, 5.74) is 1.19. The van der Waals surface area contributed by atoms with Crippen LogP contribution in [-0.4, -0.2) is 35.7 Å². The predicted molar refractivity (Wildman–Crippen MR) is 169 cm³/mol. The number of aliphatic hydroxyl groups is 1. The van der Waals surface area contributed by atoms with Crippen molar-refractivity contribution in [3.05, 3.63) is 35.9 Å². The number of hydrogen-bond donors (Lipinski definition) is 1. The molecule has 0 saturated heterocycles. The molecule has 3 aliphatic rings. The Morgan fingerprint density at radius 2 is 1.36 bits per heavy atom. The van der Waals surface area contributed by atoms with Gasteiger partial charge in [0, 0.05) is 6.92 Å². The highest BCUT2D eigenvalue weighted by atomic mass is 16.7. The van der Waals surface area contributed by atoms with Gasteiger partial charge in [0.25, 0.3) is 0 Å². The molecule has 4 unspecified atom stereocenters. The molecular formula is C37H60O5. The molecule has 0 spiro atoms. The van der Waals surface area contributed by atoms with Crippen molar-refractivity contribution in [1.29, 1.82) is 0 Å².